The van der Waals surface area contributed by atoms with Gasteiger partial charge in [-0.3, -0.25) is 19.6 Å². The first kappa shape index (κ1) is 36.5. The fourth-order valence-electron chi connectivity index (χ4n) is 6.31. The SMILES string of the molecule is CCOc1cc(C(C)(C)C)c(OCC)cc1C1=N[C@@H](c2ccc(Cl)cc2)[C@@H](c2ccc(Cl)cc2)N1C(=O)N1CCN(CC(=O)N(C)C)CC1. The van der Waals surface area contributed by atoms with Crippen LogP contribution in [0.1, 0.15) is 69.0 Å². The van der Waals surface area contributed by atoms with Crippen molar-refractivity contribution in [3.05, 3.63) is 93.0 Å². The largest absolute Gasteiger partial charge is 0.494 e. The summed E-state index contributed by atoms with van der Waals surface area (Å²) in [6.07, 6.45) is 0. The Hall–Kier alpha value is -3.79. The van der Waals surface area contributed by atoms with Crippen LogP contribution in [0.4, 0.5) is 4.79 Å². The van der Waals surface area contributed by atoms with Crippen molar-refractivity contribution in [2.24, 2.45) is 4.99 Å². The normalized spacial score (nSPS) is 18.3. The molecule has 0 spiro atoms. The van der Waals surface area contributed by atoms with Gasteiger partial charge < -0.3 is 19.3 Å². The molecule has 5 rings (SSSR count). The maximum Gasteiger partial charge on any atom is 0.326 e. The van der Waals surface area contributed by atoms with Crippen LogP contribution in [0.5, 0.6) is 11.5 Å². The first-order valence-electron chi connectivity index (χ1n) is 16.9. The number of carbonyl (C=O) groups is 2. The van der Waals surface area contributed by atoms with Crippen molar-refractivity contribution in [3.8, 4) is 11.5 Å². The molecular weight excluding hydrogens is 661 g/mol. The van der Waals surface area contributed by atoms with Crippen LogP contribution in [-0.2, 0) is 10.2 Å². The highest BCUT2D eigenvalue weighted by Gasteiger charge is 2.45. The fourth-order valence-corrected chi connectivity index (χ4v) is 6.56. The molecule has 0 saturated carbocycles. The van der Waals surface area contributed by atoms with Crippen molar-refractivity contribution >= 4 is 41.0 Å². The smallest absolute Gasteiger partial charge is 0.326 e. The molecule has 3 aromatic rings. The molecule has 1 fully saturated rings. The summed E-state index contributed by atoms with van der Waals surface area (Å²) in [5.41, 5.74) is 3.26. The highest BCUT2D eigenvalue weighted by Crippen LogP contribution is 2.47. The van der Waals surface area contributed by atoms with E-state index in [-0.39, 0.29) is 17.4 Å². The molecule has 1 saturated heterocycles. The number of ether oxygens (including phenoxy) is 2. The molecule has 9 nitrogen and oxygen atoms in total. The average molecular weight is 709 g/mol. The van der Waals surface area contributed by atoms with Crippen LogP contribution >= 0.6 is 23.2 Å². The molecule has 0 bridgehead atoms. The Kier molecular flexibility index (Phi) is 11.5. The first-order valence-corrected chi connectivity index (χ1v) is 17.6. The standard InChI is InChI=1S/C38H47Cl2N5O4/c1-8-48-31-23-30(38(3,4)5)32(49-9-2)22-29(31)36-41-34(25-10-14-27(39)15-11-25)35(26-12-16-28(40)17-13-26)45(36)37(47)44-20-18-43(19-21-44)24-33(46)42(6)7/h10-17,22-23,34-35H,8-9,18-21,24H2,1-7H3/t34-,35+/m0/s1. The zero-order valence-electron chi connectivity index (χ0n) is 29.5. The van der Waals surface area contributed by atoms with Gasteiger partial charge in [-0.2, -0.15) is 0 Å². The van der Waals surface area contributed by atoms with Crippen LogP contribution in [0.2, 0.25) is 10.0 Å². The van der Waals surface area contributed by atoms with Crippen LogP contribution in [0, 0.1) is 0 Å². The van der Waals surface area contributed by atoms with Crippen molar-refractivity contribution < 1.29 is 19.1 Å². The molecule has 49 heavy (non-hydrogen) atoms. The van der Waals surface area contributed by atoms with Crippen molar-refractivity contribution in [1.29, 1.82) is 0 Å². The predicted octanol–water partition coefficient (Wildman–Crippen LogP) is 7.46. The fraction of sp³-hybridized carbons (Fsp3) is 0.447. The molecule has 0 N–H and O–H groups in total. The summed E-state index contributed by atoms with van der Waals surface area (Å²) in [6, 6.07) is 18.1. The number of rotatable bonds is 9. The van der Waals surface area contributed by atoms with Crippen LogP contribution in [0.25, 0.3) is 0 Å². The van der Waals surface area contributed by atoms with Gasteiger partial charge in [0.1, 0.15) is 23.4 Å². The number of benzene rings is 3. The maximum absolute atomic E-state index is 15.0. The highest BCUT2D eigenvalue weighted by molar-refractivity contribution is 6.30. The first-order chi connectivity index (χ1) is 23.3. The summed E-state index contributed by atoms with van der Waals surface area (Å²) in [4.78, 5) is 40.1. The van der Waals surface area contributed by atoms with E-state index >= 15 is 0 Å². The molecule has 2 heterocycles. The lowest BCUT2D eigenvalue weighted by atomic mass is 9.85. The molecule has 3 amide bonds. The van der Waals surface area contributed by atoms with Crippen LogP contribution in [0.3, 0.4) is 0 Å². The van der Waals surface area contributed by atoms with Crippen molar-refractivity contribution in [2.45, 2.75) is 52.1 Å². The quantitative estimate of drug-likeness (QED) is 0.231. The summed E-state index contributed by atoms with van der Waals surface area (Å²) in [5.74, 6) is 1.89. The Morgan fingerprint density at radius 1 is 0.837 bits per heavy atom. The minimum Gasteiger partial charge on any atom is -0.494 e. The van der Waals surface area contributed by atoms with E-state index in [1.54, 1.807) is 19.0 Å². The summed E-state index contributed by atoms with van der Waals surface area (Å²) >= 11 is 12.7. The topological polar surface area (TPSA) is 77.9 Å². The van der Waals surface area contributed by atoms with E-state index in [2.05, 4.69) is 25.7 Å². The second kappa shape index (κ2) is 15.4. The van der Waals surface area contributed by atoms with Crippen molar-refractivity contribution in [1.82, 2.24) is 19.6 Å². The van der Waals surface area contributed by atoms with Gasteiger partial charge in [-0.25, -0.2) is 4.79 Å². The Labute approximate surface area is 300 Å². The summed E-state index contributed by atoms with van der Waals surface area (Å²) in [7, 11) is 3.51. The molecule has 2 atom stereocenters. The number of halogens is 2. The van der Waals surface area contributed by atoms with Gasteiger partial charge in [-0.1, -0.05) is 68.2 Å². The zero-order valence-corrected chi connectivity index (χ0v) is 31.0. The third kappa shape index (κ3) is 8.17. The van der Waals surface area contributed by atoms with Crippen molar-refractivity contribution in [2.75, 3.05) is 60.0 Å². The molecular formula is C38H47Cl2N5O4. The lowest BCUT2D eigenvalue weighted by Crippen LogP contribution is -2.55. The van der Waals surface area contributed by atoms with E-state index in [9.17, 15) is 9.59 Å². The second-order valence-corrected chi connectivity index (χ2v) is 14.5. The number of hydrogen-bond acceptors (Lipinski definition) is 6. The van der Waals surface area contributed by atoms with Gasteiger partial charge in [0, 0.05) is 55.9 Å². The van der Waals surface area contributed by atoms with Gasteiger partial charge in [0.15, 0.2) is 0 Å². The van der Waals surface area contributed by atoms with E-state index in [1.165, 1.54) is 0 Å². The third-order valence-corrected chi connectivity index (χ3v) is 9.43. The molecule has 0 unspecified atom stereocenters. The summed E-state index contributed by atoms with van der Waals surface area (Å²) < 4.78 is 12.5. The number of amides is 3. The van der Waals surface area contributed by atoms with Gasteiger partial charge in [0.05, 0.1) is 31.4 Å². The van der Waals surface area contributed by atoms with Gasteiger partial charge >= 0.3 is 6.03 Å². The minimum atomic E-state index is -0.499. The summed E-state index contributed by atoms with van der Waals surface area (Å²) in [5, 5.41) is 1.22. The molecule has 0 aliphatic carbocycles. The number of likely N-dealkylation sites (N-methyl/N-ethyl adjacent to an activating group) is 1. The minimum absolute atomic E-state index is 0.0367. The van der Waals surface area contributed by atoms with Gasteiger partial charge in [-0.05, 0) is 66.8 Å². The number of piperazine rings is 1. The Balaban J connectivity index is 1.66. The number of hydrogen-bond donors (Lipinski definition) is 0. The molecule has 2 aliphatic rings. The number of carbonyl (C=O) groups excluding carboxylic acids is 2. The van der Waals surface area contributed by atoms with E-state index in [0.717, 1.165) is 22.4 Å². The Morgan fingerprint density at radius 2 is 1.39 bits per heavy atom. The van der Waals surface area contributed by atoms with E-state index in [4.69, 9.17) is 37.7 Å². The lowest BCUT2D eigenvalue weighted by Gasteiger charge is -2.39. The molecule has 0 aromatic heterocycles. The van der Waals surface area contributed by atoms with Gasteiger partial charge in [-0.15, -0.1) is 0 Å². The van der Waals surface area contributed by atoms with E-state index in [1.807, 2.05) is 84.3 Å². The number of amidine groups is 1. The van der Waals surface area contributed by atoms with Crippen molar-refractivity contribution in [3.63, 3.8) is 0 Å². The number of aliphatic imine (C=N–C) groups is 1. The van der Waals surface area contributed by atoms with Crippen LogP contribution in [-0.4, -0.2) is 97.4 Å². The third-order valence-electron chi connectivity index (χ3n) is 8.93. The lowest BCUT2D eigenvalue weighted by molar-refractivity contribution is -0.130. The number of nitrogens with zero attached hydrogens (tertiary/aromatic N) is 5. The Bertz CT molecular complexity index is 1660. The molecule has 11 heteroatoms. The zero-order chi connectivity index (χ0) is 35.5. The molecule has 2 aliphatic heterocycles. The van der Waals surface area contributed by atoms with Crippen LogP contribution < -0.4 is 9.47 Å². The van der Waals surface area contributed by atoms with Gasteiger partial charge in [0.25, 0.3) is 0 Å². The predicted molar refractivity (Wildman–Crippen MR) is 196 cm³/mol. The van der Waals surface area contributed by atoms with Crippen LogP contribution in [0.15, 0.2) is 65.7 Å². The maximum atomic E-state index is 15.0. The molecule has 262 valence electrons. The van der Waals surface area contributed by atoms with E-state index in [0.29, 0.717) is 73.1 Å². The Morgan fingerprint density at radius 3 is 1.92 bits per heavy atom. The average Bonchev–Trinajstić information content (AvgIpc) is 3.46. The second-order valence-electron chi connectivity index (χ2n) is 13.6. The molecule has 0 radical (unpaired) electrons. The number of urea groups is 1. The monoisotopic (exact) mass is 707 g/mol. The summed E-state index contributed by atoms with van der Waals surface area (Å²) in [6.45, 7) is 13.7. The highest BCUT2D eigenvalue weighted by atomic mass is 35.5. The van der Waals surface area contributed by atoms with Gasteiger partial charge in [0.2, 0.25) is 5.91 Å². The molecule has 3 aromatic carbocycles. The van der Waals surface area contributed by atoms with E-state index < -0.39 is 12.1 Å².